The number of rotatable bonds is 6. The first-order valence-electron chi connectivity index (χ1n) is 6.36. The molecule has 1 rings (SSSR count). The van der Waals surface area contributed by atoms with Crippen molar-refractivity contribution in [2.45, 2.75) is 38.3 Å². The molecular formula is C12H25N3O2. The van der Waals surface area contributed by atoms with E-state index in [2.05, 4.69) is 10.6 Å². The summed E-state index contributed by atoms with van der Waals surface area (Å²) in [5.74, 6) is 0.0245. The van der Waals surface area contributed by atoms with E-state index < -0.39 is 5.60 Å². The van der Waals surface area contributed by atoms with Crippen LogP contribution in [0.2, 0.25) is 0 Å². The van der Waals surface area contributed by atoms with E-state index in [1.807, 2.05) is 25.8 Å². The molecule has 0 aliphatic carbocycles. The Hall–Kier alpha value is -0.650. The summed E-state index contributed by atoms with van der Waals surface area (Å²) in [7, 11) is 1.87. The zero-order chi connectivity index (χ0) is 12.9. The lowest BCUT2D eigenvalue weighted by atomic mass is 10.0. The SMILES string of the molecule is CCC(C)NC(=O)CN(C)CC1(O)CCNC1. The van der Waals surface area contributed by atoms with Crippen molar-refractivity contribution in [2.75, 3.05) is 33.2 Å². The second kappa shape index (κ2) is 6.33. The molecule has 1 aliphatic rings. The summed E-state index contributed by atoms with van der Waals surface area (Å²) in [5.41, 5.74) is -0.675. The van der Waals surface area contributed by atoms with Crippen LogP contribution in [-0.2, 0) is 4.79 Å². The molecule has 17 heavy (non-hydrogen) atoms. The maximum Gasteiger partial charge on any atom is 0.234 e. The van der Waals surface area contributed by atoms with Gasteiger partial charge in [-0.3, -0.25) is 9.69 Å². The zero-order valence-corrected chi connectivity index (χ0v) is 11.1. The molecule has 5 nitrogen and oxygen atoms in total. The lowest BCUT2D eigenvalue weighted by molar-refractivity contribution is -0.123. The molecule has 0 saturated carbocycles. The van der Waals surface area contributed by atoms with Gasteiger partial charge in [0.25, 0.3) is 0 Å². The number of carbonyl (C=O) groups is 1. The van der Waals surface area contributed by atoms with Crippen molar-refractivity contribution in [3.8, 4) is 0 Å². The van der Waals surface area contributed by atoms with Gasteiger partial charge in [0.05, 0.1) is 12.1 Å². The van der Waals surface area contributed by atoms with Gasteiger partial charge in [-0.25, -0.2) is 0 Å². The monoisotopic (exact) mass is 243 g/mol. The highest BCUT2D eigenvalue weighted by Gasteiger charge is 2.32. The van der Waals surface area contributed by atoms with Crippen LogP contribution in [0.25, 0.3) is 0 Å². The van der Waals surface area contributed by atoms with Gasteiger partial charge in [0, 0.05) is 19.1 Å². The van der Waals surface area contributed by atoms with E-state index in [-0.39, 0.29) is 11.9 Å². The van der Waals surface area contributed by atoms with Crippen LogP contribution in [0.15, 0.2) is 0 Å². The third-order valence-electron chi connectivity index (χ3n) is 3.22. The van der Waals surface area contributed by atoms with Crippen molar-refractivity contribution in [1.29, 1.82) is 0 Å². The Morgan fingerprint density at radius 1 is 1.65 bits per heavy atom. The Bertz CT molecular complexity index is 252. The Kier molecular flexibility index (Phi) is 5.36. The van der Waals surface area contributed by atoms with E-state index in [0.717, 1.165) is 19.4 Å². The number of aliphatic hydroxyl groups is 1. The van der Waals surface area contributed by atoms with Gasteiger partial charge in [-0.1, -0.05) is 6.92 Å². The number of nitrogens with one attached hydrogen (secondary N) is 2. The zero-order valence-electron chi connectivity index (χ0n) is 11.1. The second-order valence-electron chi connectivity index (χ2n) is 5.20. The molecule has 0 spiro atoms. The number of nitrogens with zero attached hydrogens (tertiary/aromatic N) is 1. The lowest BCUT2D eigenvalue weighted by Gasteiger charge is -2.27. The molecule has 0 aromatic heterocycles. The van der Waals surface area contributed by atoms with Crippen LogP contribution in [0.5, 0.6) is 0 Å². The van der Waals surface area contributed by atoms with Gasteiger partial charge < -0.3 is 15.7 Å². The van der Waals surface area contributed by atoms with Crippen LogP contribution >= 0.6 is 0 Å². The number of hydrogen-bond donors (Lipinski definition) is 3. The van der Waals surface area contributed by atoms with E-state index in [9.17, 15) is 9.90 Å². The highest BCUT2D eigenvalue weighted by atomic mass is 16.3. The average molecular weight is 243 g/mol. The number of hydrogen-bond acceptors (Lipinski definition) is 4. The molecule has 100 valence electrons. The molecule has 0 bridgehead atoms. The first-order valence-corrected chi connectivity index (χ1v) is 6.36. The van der Waals surface area contributed by atoms with E-state index in [4.69, 9.17) is 0 Å². The topological polar surface area (TPSA) is 64.6 Å². The summed E-state index contributed by atoms with van der Waals surface area (Å²) in [4.78, 5) is 13.5. The van der Waals surface area contributed by atoms with Crippen LogP contribution in [-0.4, -0.2) is 60.8 Å². The van der Waals surface area contributed by atoms with E-state index in [0.29, 0.717) is 19.6 Å². The maximum absolute atomic E-state index is 11.7. The van der Waals surface area contributed by atoms with Crippen molar-refractivity contribution in [3.05, 3.63) is 0 Å². The summed E-state index contributed by atoms with van der Waals surface area (Å²) >= 11 is 0. The fraction of sp³-hybridized carbons (Fsp3) is 0.917. The fourth-order valence-corrected chi connectivity index (χ4v) is 2.09. The maximum atomic E-state index is 11.7. The van der Waals surface area contributed by atoms with E-state index in [1.54, 1.807) is 0 Å². The average Bonchev–Trinajstić information content (AvgIpc) is 2.63. The molecule has 0 aromatic rings. The predicted molar refractivity (Wildman–Crippen MR) is 67.8 cm³/mol. The normalized spacial score (nSPS) is 26.2. The minimum absolute atomic E-state index is 0.0245. The summed E-state index contributed by atoms with van der Waals surface area (Å²) in [5, 5.41) is 16.2. The van der Waals surface area contributed by atoms with Crippen molar-refractivity contribution < 1.29 is 9.90 Å². The third-order valence-corrected chi connectivity index (χ3v) is 3.22. The Morgan fingerprint density at radius 3 is 2.88 bits per heavy atom. The highest BCUT2D eigenvalue weighted by Crippen LogP contribution is 2.14. The summed E-state index contributed by atoms with van der Waals surface area (Å²) < 4.78 is 0. The van der Waals surface area contributed by atoms with Crippen LogP contribution in [0.4, 0.5) is 0 Å². The molecule has 2 unspecified atom stereocenters. The summed E-state index contributed by atoms with van der Waals surface area (Å²) in [6, 6.07) is 0.215. The molecule has 1 saturated heterocycles. The molecular weight excluding hydrogens is 218 g/mol. The minimum atomic E-state index is -0.675. The molecule has 1 aliphatic heterocycles. The lowest BCUT2D eigenvalue weighted by Crippen LogP contribution is -2.47. The highest BCUT2D eigenvalue weighted by molar-refractivity contribution is 5.78. The van der Waals surface area contributed by atoms with Crippen LogP contribution in [0, 0.1) is 0 Å². The fourth-order valence-electron chi connectivity index (χ4n) is 2.09. The Labute approximate surface area is 104 Å². The van der Waals surface area contributed by atoms with Gasteiger partial charge in [-0.05, 0) is 33.4 Å². The summed E-state index contributed by atoms with van der Waals surface area (Å²) in [6.45, 7) is 6.38. The van der Waals surface area contributed by atoms with Crippen molar-refractivity contribution in [3.63, 3.8) is 0 Å². The van der Waals surface area contributed by atoms with Gasteiger partial charge in [-0.2, -0.15) is 0 Å². The standard InChI is InChI=1S/C12H25N3O2/c1-4-10(2)14-11(16)7-15(3)9-12(17)5-6-13-8-12/h10,13,17H,4-9H2,1-3H3,(H,14,16). The number of β-amino-alcohol motifs (C(OH)–C–C–N with tert-alkyl or cyclic N) is 1. The van der Waals surface area contributed by atoms with Crippen molar-refractivity contribution in [1.82, 2.24) is 15.5 Å². The third kappa shape index (κ3) is 5.02. The summed E-state index contributed by atoms with van der Waals surface area (Å²) in [6.07, 6.45) is 1.69. The van der Waals surface area contributed by atoms with Gasteiger partial charge in [0.2, 0.25) is 5.91 Å². The second-order valence-corrected chi connectivity index (χ2v) is 5.20. The van der Waals surface area contributed by atoms with Gasteiger partial charge in [-0.15, -0.1) is 0 Å². The Balaban J connectivity index is 2.28. The van der Waals surface area contributed by atoms with Crippen molar-refractivity contribution in [2.24, 2.45) is 0 Å². The Morgan fingerprint density at radius 2 is 2.35 bits per heavy atom. The predicted octanol–water partition coefficient (Wildman–Crippen LogP) is -0.443. The molecule has 1 amide bonds. The van der Waals surface area contributed by atoms with Crippen LogP contribution in [0.1, 0.15) is 26.7 Å². The van der Waals surface area contributed by atoms with Gasteiger partial charge in [0.15, 0.2) is 0 Å². The number of carbonyl (C=O) groups excluding carboxylic acids is 1. The van der Waals surface area contributed by atoms with Gasteiger partial charge in [0.1, 0.15) is 0 Å². The molecule has 3 N–H and O–H groups in total. The molecule has 1 heterocycles. The molecule has 0 aromatic carbocycles. The van der Waals surface area contributed by atoms with E-state index in [1.165, 1.54) is 0 Å². The van der Waals surface area contributed by atoms with Gasteiger partial charge >= 0.3 is 0 Å². The first-order chi connectivity index (χ1) is 7.95. The molecule has 0 radical (unpaired) electrons. The van der Waals surface area contributed by atoms with E-state index >= 15 is 0 Å². The number of amides is 1. The largest absolute Gasteiger partial charge is 0.387 e. The molecule has 2 atom stereocenters. The van der Waals surface area contributed by atoms with Crippen molar-refractivity contribution >= 4 is 5.91 Å². The smallest absolute Gasteiger partial charge is 0.234 e. The van der Waals surface area contributed by atoms with Crippen LogP contribution < -0.4 is 10.6 Å². The first kappa shape index (κ1) is 14.4. The number of likely N-dealkylation sites (N-methyl/N-ethyl adjacent to an activating group) is 1. The quantitative estimate of drug-likeness (QED) is 0.592. The van der Waals surface area contributed by atoms with Crippen LogP contribution in [0.3, 0.4) is 0 Å². The molecule has 1 fully saturated rings. The molecule has 5 heteroatoms. The minimum Gasteiger partial charge on any atom is -0.387 e.